The number of nitrogens with one attached hydrogen (secondary N) is 1. The Bertz CT molecular complexity index is 414. The molecule has 1 atom stereocenters. The molecule has 0 aliphatic heterocycles. The Kier molecular flexibility index (Phi) is 5.11. The van der Waals surface area contributed by atoms with Crippen molar-refractivity contribution in [2.75, 3.05) is 38.0 Å². The molecule has 0 aliphatic carbocycles. The monoisotopic (exact) mass is 266 g/mol. The Labute approximate surface area is 116 Å². The number of rotatable bonds is 5. The molecule has 1 N–H and O–H groups in total. The van der Waals surface area contributed by atoms with Crippen LogP contribution in [0, 0.1) is 0 Å². The van der Waals surface area contributed by atoms with E-state index in [1.165, 1.54) is 0 Å². The van der Waals surface area contributed by atoms with Gasteiger partial charge in [-0.25, -0.2) is 9.97 Å². The summed E-state index contributed by atoms with van der Waals surface area (Å²) in [6.45, 7) is 9.13. The smallest absolute Gasteiger partial charge is 0.138 e. The van der Waals surface area contributed by atoms with Crippen LogP contribution in [0.5, 0.6) is 0 Å². The largest absolute Gasteiger partial charge is 0.383 e. The van der Waals surface area contributed by atoms with E-state index < -0.39 is 0 Å². The highest BCUT2D eigenvalue weighted by Crippen LogP contribution is 2.24. The summed E-state index contributed by atoms with van der Waals surface area (Å²) in [5, 5.41) is 3.10. The van der Waals surface area contributed by atoms with E-state index in [-0.39, 0.29) is 11.5 Å². The number of hydrogen-bond donors (Lipinski definition) is 1. The Morgan fingerprint density at radius 2 is 2.00 bits per heavy atom. The molecular weight excluding hydrogens is 240 g/mol. The maximum atomic E-state index is 5.20. The lowest BCUT2D eigenvalue weighted by molar-refractivity contribution is 0.183. The van der Waals surface area contributed by atoms with Crippen LogP contribution in [-0.2, 0) is 10.2 Å². The van der Waals surface area contributed by atoms with Crippen molar-refractivity contribution in [3.05, 3.63) is 11.9 Å². The lowest BCUT2D eigenvalue weighted by atomic mass is 9.96. The van der Waals surface area contributed by atoms with Gasteiger partial charge in [0.05, 0.1) is 12.6 Å². The van der Waals surface area contributed by atoms with E-state index in [1.54, 1.807) is 7.11 Å². The summed E-state index contributed by atoms with van der Waals surface area (Å²) in [6, 6.07) is 2.22. The minimum atomic E-state index is -0.0764. The Morgan fingerprint density at radius 1 is 1.37 bits per heavy atom. The van der Waals surface area contributed by atoms with Gasteiger partial charge in [-0.2, -0.15) is 0 Å². The molecule has 5 nitrogen and oxygen atoms in total. The van der Waals surface area contributed by atoms with Gasteiger partial charge in [0.15, 0.2) is 0 Å². The maximum Gasteiger partial charge on any atom is 0.138 e. The highest BCUT2D eigenvalue weighted by Gasteiger charge is 2.21. The molecule has 0 bridgehead atoms. The van der Waals surface area contributed by atoms with Gasteiger partial charge in [-0.15, -0.1) is 0 Å². The standard InChI is InChI=1S/C14H26N4O/c1-10(9-19-7)18(6)12-8-11(15-5)16-13(17-12)14(2,3)4/h8,10H,9H2,1-7H3,(H,15,16,17). The molecule has 108 valence electrons. The fourth-order valence-electron chi connectivity index (χ4n) is 1.66. The fraction of sp³-hybridized carbons (Fsp3) is 0.714. The number of ether oxygens (including phenoxy) is 1. The van der Waals surface area contributed by atoms with Crippen molar-refractivity contribution in [2.45, 2.75) is 39.2 Å². The van der Waals surface area contributed by atoms with Crippen LogP contribution in [0.3, 0.4) is 0 Å². The molecule has 1 aromatic rings. The number of hydrogen-bond acceptors (Lipinski definition) is 5. The average Bonchev–Trinajstić information content (AvgIpc) is 2.36. The zero-order valence-electron chi connectivity index (χ0n) is 13.1. The van der Waals surface area contributed by atoms with E-state index >= 15 is 0 Å². The van der Waals surface area contributed by atoms with Crippen LogP contribution >= 0.6 is 0 Å². The fourth-order valence-corrected chi connectivity index (χ4v) is 1.66. The van der Waals surface area contributed by atoms with Crippen molar-refractivity contribution >= 4 is 11.6 Å². The van der Waals surface area contributed by atoms with Crippen molar-refractivity contribution in [3.63, 3.8) is 0 Å². The third kappa shape index (κ3) is 4.06. The minimum Gasteiger partial charge on any atom is -0.383 e. The number of aromatic nitrogens is 2. The van der Waals surface area contributed by atoms with Gasteiger partial charge in [-0.1, -0.05) is 20.8 Å². The van der Waals surface area contributed by atoms with Gasteiger partial charge in [0, 0.05) is 32.7 Å². The summed E-state index contributed by atoms with van der Waals surface area (Å²) in [4.78, 5) is 11.3. The maximum absolute atomic E-state index is 5.20. The highest BCUT2D eigenvalue weighted by molar-refractivity contribution is 5.49. The summed E-state index contributed by atoms with van der Waals surface area (Å²) in [7, 11) is 5.61. The summed E-state index contributed by atoms with van der Waals surface area (Å²) in [5.74, 6) is 2.59. The molecule has 1 heterocycles. The average molecular weight is 266 g/mol. The highest BCUT2D eigenvalue weighted by atomic mass is 16.5. The predicted octanol–water partition coefficient (Wildman–Crippen LogP) is 2.29. The first kappa shape index (κ1) is 15.7. The van der Waals surface area contributed by atoms with E-state index in [2.05, 4.69) is 47.9 Å². The summed E-state index contributed by atoms with van der Waals surface area (Å²) in [5.41, 5.74) is -0.0764. The molecule has 1 unspecified atom stereocenters. The zero-order valence-corrected chi connectivity index (χ0v) is 13.1. The van der Waals surface area contributed by atoms with Crippen molar-refractivity contribution < 1.29 is 4.74 Å². The molecule has 0 aromatic carbocycles. The van der Waals surface area contributed by atoms with E-state index in [4.69, 9.17) is 4.74 Å². The lowest BCUT2D eigenvalue weighted by Gasteiger charge is -2.27. The third-order valence-corrected chi connectivity index (χ3v) is 3.07. The van der Waals surface area contributed by atoms with Crippen molar-refractivity contribution in [2.24, 2.45) is 0 Å². The zero-order chi connectivity index (χ0) is 14.6. The third-order valence-electron chi connectivity index (χ3n) is 3.07. The second kappa shape index (κ2) is 6.19. The first-order chi connectivity index (χ1) is 8.79. The van der Waals surface area contributed by atoms with E-state index in [1.807, 2.05) is 20.2 Å². The molecule has 0 fully saturated rings. The molecule has 1 aromatic heterocycles. The Morgan fingerprint density at radius 3 is 2.47 bits per heavy atom. The van der Waals surface area contributed by atoms with Gasteiger partial charge >= 0.3 is 0 Å². The molecule has 0 saturated carbocycles. The van der Waals surface area contributed by atoms with E-state index in [0.29, 0.717) is 6.61 Å². The van der Waals surface area contributed by atoms with Crippen molar-refractivity contribution in [1.29, 1.82) is 0 Å². The normalized spacial score (nSPS) is 13.2. The minimum absolute atomic E-state index is 0.0764. The molecule has 0 spiro atoms. The lowest BCUT2D eigenvalue weighted by Crippen LogP contribution is -2.34. The van der Waals surface area contributed by atoms with Crippen LogP contribution in [0.25, 0.3) is 0 Å². The van der Waals surface area contributed by atoms with Crippen LogP contribution in [0.4, 0.5) is 11.6 Å². The predicted molar refractivity (Wildman–Crippen MR) is 80.0 cm³/mol. The second-order valence-corrected chi connectivity index (χ2v) is 5.85. The number of nitrogens with zero attached hydrogens (tertiary/aromatic N) is 3. The molecule has 0 radical (unpaired) electrons. The molecule has 0 amide bonds. The van der Waals surface area contributed by atoms with Gasteiger partial charge in [0.2, 0.25) is 0 Å². The van der Waals surface area contributed by atoms with E-state index in [0.717, 1.165) is 17.5 Å². The summed E-state index contributed by atoms with van der Waals surface area (Å²) >= 11 is 0. The summed E-state index contributed by atoms with van der Waals surface area (Å²) in [6.07, 6.45) is 0. The van der Waals surface area contributed by atoms with Gasteiger partial charge in [0.1, 0.15) is 17.5 Å². The molecule has 0 aliphatic rings. The molecule has 0 saturated heterocycles. The number of anilines is 2. The summed E-state index contributed by atoms with van der Waals surface area (Å²) < 4.78 is 5.20. The molecule has 19 heavy (non-hydrogen) atoms. The SMILES string of the molecule is CNc1cc(N(C)C(C)COC)nc(C(C)(C)C)n1. The van der Waals surface area contributed by atoms with Gasteiger partial charge in [-0.05, 0) is 6.92 Å². The number of methoxy groups -OCH3 is 1. The molecular formula is C14H26N4O. The quantitative estimate of drug-likeness (QED) is 0.886. The first-order valence-electron chi connectivity index (χ1n) is 6.58. The second-order valence-electron chi connectivity index (χ2n) is 5.85. The Hall–Kier alpha value is -1.36. The van der Waals surface area contributed by atoms with Crippen LogP contribution in [0.1, 0.15) is 33.5 Å². The Balaban J connectivity index is 3.13. The van der Waals surface area contributed by atoms with Crippen LogP contribution in [0.15, 0.2) is 6.07 Å². The van der Waals surface area contributed by atoms with Gasteiger partial charge < -0.3 is 15.0 Å². The van der Waals surface area contributed by atoms with Gasteiger partial charge in [0.25, 0.3) is 0 Å². The molecule has 5 heteroatoms. The van der Waals surface area contributed by atoms with Crippen LogP contribution in [0.2, 0.25) is 0 Å². The van der Waals surface area contributed by atoms with Gasteiger partial charge in [-0.3, -0.25) is 0 Å². The first-order valence-corrected chi connectivity index (χ1v) is 6.58. The van der Waals surface area contributed by atoms with Crippen molar-refractivity contribution in [3.8, 4) is 0 Å². The van der Waals surface area contributed by atoms with E-state index in [9.17, 15) is 0 Å². The van der Waals surface area contributed by atoms with Crippen molar-refractivity contribution in [1.82, 2.24) is 9.97 Å². The van der Waals surface area contributed by atoms with Crippen LogP contribution in [-0.4, -0.2) is 43.8 Å². The number of likely N-dealkylation sites (N-methyl/N-ethyl adjacent to an activating group) is 1. The topological polar surface area (TPSA) is 50.3 Å². The van der Waals surface area contributed by atoms with Crippen LogP contribution < -0.4 is 10.2 Å². The molecule has 1 rings (SSSR count).